The van der Waals surface area contributed by atoms with Gasteiger partial charge in [-0.15, -0.1) is 0 Å². The molecule has 1 aliphatic rings. The Kier molecular flexibility index (Phi) is 5.20. The van der Waals surface area contributed by atoms with Crippen molar-refractivity contribution in [2.75, 3.05) is 43.6 Å². The van der Waals surface area contributed by atoms with Crippen molar-refractivity contribution in [3.8, 4) is 0 Å². The summed E-state index contributed by atoms with van der Waals surface area (Å²) in [5, 5.41) is 3.24. The van der Waals surface area contributed by atoms with Crippen molar-refractivity contribution in [1.29, 1.82) is 0 Å². The first-order chi connectivity index (χ1) is 8.90. The first kappa shape index (κ1) is 13.1. The average Bonchev–Trinajstić information content (AvgIpc) is 2.68. The van der Waals surface area contributed by atoms with Crippen LogP contribution in [0.25, 0.3) is 0 Å². The fraction of sp³-hybridized carbons (Fsp3) is 0.692. The molecule has 0 saturated carbocycles. The second kappa shape index (κ2) is 7.16. The topological polar surface area (TPSA) is 50.3 Å². The minimum Gasteiger partial charge on any atom is -0.383 e. The summed E-state index contributed by atoms with van der Waals surface area (Å²) in [5.74, 6) is 1.72. The van der Waals surface area contributed by atoms with Crippen LogP contribution in [-0.2, 0) is 4.74 Å². The van der Waals surface area contributed by atoms with Crippen LogP contribution in [-0.4, -0.2) is 43.3 Å². The lowest BCUT2D eigenvalue weighted by molar-refractivity contribution is 0.210. The van der Waals surface area contributed by atoms with Gasteiger partial charge in [-0.3, -0.25) is 0 Å². The first-order valence-corrected chi connectivity index (χ1v) is 6.71. The van der Waals surface area contributed by atoms with E-state index in [-0.39, 0.29) is 0 Å². The van der Waals surface area contributed by atoms with E-state index in [2.05, 4.69) is 20.2 Å². The van der Waals surface area contributed by atoms with E-state index < -0.39 is 0 Å². The van der Waals surface area contributed by atoms with Gasteiger partial charge in [-0.2, -0.15) is 4.98 Å². The molecule has 5 nitrogen and oxygen atoms in total. The second-order valence-corrected chi connectivity index (χ2v) is 4.56. The van der Waals surface area contributed by atoms with Gasteiger partial charge in [-0.05, 0) is 18.9 Å². The molecule has 2 heterocycles. The van der Waals surface area contributed by atoms with E-state index >= 15 is 0 Å². The molecule has 0 aromatic carbocycles. The Hall–Kier alpha value is -1.36. The molecule has 1 aromatic rings. The van der Waals surface area contributed by atoms with Crippen LogP contribution in [0.1, 0.15) is 25.7 Å². The van der Waals surface area contributed by atoms with Gasteiger partial charge in [-0.1, -0.05) is 12.8 Å². The Morgan fingerprint density at radius 3 is 2.78 bits per heavy atom. The lowest BCUT2D eigenvalue weighted by atomic mass is 10.2. The number of methoxy groups -OCH3 is 1. The van der Waals surface area contributed by atoms with Gasteiger partial charge in [0.1, 0.15) is 5.82 Å². The van der Waals surface area contributed by atoms with E-state index in [0.29, 0.717) is 6.61 Å². The van der Waals surface area contributed by atoms with E-state index in [1.54, 1.807) is 7.11 Å². The van der Waals surface area contributed by atoms with Crippen molar-refractivity contribution < 1.29 is 4.74 Å². The SMILES string of the molecule is COCCNc1ccnc(N2CCCCCC2)n1. The van der Waals surface area contributed by atoms with Crippen LogP contribution in [0, 0.1) is 0 Å². The summed E-state index contributed by atoms with van der Waals surface area (Å²) in [6.45, 7) is 3.60. The van der Waals surface area contributed by atoms with Gasteiger partial charge in [0.2, 0.25) is 5.95 Å². The zero-order valence-electron chi connectivity index (χ0n) is 11.1. The number of aromatic nitrogens is 2. The van der Waals surface area contributed by atoms with E-state index in [0.717, 1.165) is 31.4 Å². The van der Waals surface area contributed by atoms with Crippen LogP contribution in [0.3, 0.4) is 0 Å². The van der Waals surface area contributed by atoms with Crippen molar-refractivity contribution in [2.24, 2.45) is 0 Å². The monoisotopic (exact) mass is 250 g/mol. The molecule has 0 radical (unpaired) electrons. The van der Waals surface area contributed by atoms with Gasteiger partial charge in [0.25, 0.3) is 0 Å². The van der Waals surface area contributed by atoms with Crippen LogP contribution in [0.5, 0.6) is 0 Å². The standard InChI is InChI=1S/C13H22N4O/c1-18-11-8-14-12-6-7-15-13(16-12)17-9-4-2-3-5-10-17/h6-7H,2-5,8-11H2,1H3,(H,14,15,16). The van der Waals surface area contributed by atoms with Gasteiger partial charge >= 0.3 is 0 Å². The molecule has 0 bridgehead atoms. The highest BCUT2D eigenvalue weighted by atomic mass is 16.5. The Labute approximate surface area is 109 Å². The number of rotatable bonds is 5. The fourth-order valence-corrected chi connectivity index (χ4v) is 2.15. The molecule has 1 fully saturated rings. The molecule has 1 aromatic heterocycles. The van der Waals surface area contributed by atoms with Gasteiger partial charge in [-0.25, -0.2) is 4.98 Å². The lowest BCUT2D eigenvalue weighted by Gasteiger charge is -2.20. The quantitative estimate of drug-likeness (QED) is 0.809. The Morgan fingerprint density at radius 1 is 1.28 bits per heavy atom. The van der Waals surface area contributed by atoms with Gasteiger partial charge < -0.3 is 15.0 Å². The molecule has 18 heavy (non-hydrogen) atoms. The van der Waals surface area contributed by atoms with Gasteiger partial charge in [0, 0.05) is 32.9 Å². The molecule has 100 valence electrons. The van der Waals surface area contributed by atoms with Crippen LogP contribution >= 0.6 is 0 Å². The first-order valence-electron chi connectivity index (χ1n) is 6.71. The van der Waals surface area contributed by atoms with Crippen LogP contribution in [0.4, 0.5) is 11.8 Å². The predicted octanol–water partition coefficient (Wildman–Crippen LogP) is 1.92. The third-order valence-corrected chi connectivity index (χ3v) is 3.14. The summed E-state index contributed by atoms with van der Waals surface area (Å²) in [6, 6.07) is 1.90. The van der Waals surface area contributed by atoms with Crippen LogP contribution < -0.4 is 10.2 Å². The number of hydrogen-bond donors (Lipinski definition) is 1. The lowest BCUT2D eigenvalue weighted by Crippen LogP contribution is -2.26. The van der Waals surface area contributed by atoms with E-state index in [4.69, 9.17) is 4.74 Å². The Bertz CT molecular complexity index is 351. The van der Waals surface area contributed by atoms with Crippen LogP contribution in [0.2, 0.25) is 0 Å². The van der Waals surface area contributed by atoms with Crippen LogP contribution in [0.15, 0.2) is 12.3 Å². The molecule has 0 spiro atoms. The highest BCUT2D eigenvalue weighted by Gasteiger charge is 2.12. The molecule has 1 aliphatic heterocycles. The summed E-state index contributed by atoms with van der Waals surface area (Å²) in [7, 11) is 1.70. The van der Waals surface area contributed by atoms with E-state index in [9.17, 15) is 0 Å². The summed E-state index contributed by atoms with van der Waals surface area (Å²) in [4.78, 5) is 11.2. The molecule has 0 amide bonds. The van der Waals surface area contributed by atoms with Gasteiger partial charge in [0.05, 0.1) is 6.61 Å². The maximum absolute atomic E-state index is 5.01. The number of nitrogens with one attached hydrogen (secondary N) is 1. The smallest absolute Gasteiger partial charge is 0.227 e. The maximum atomic E-state index is 5.01. The Morgan fingerprint density at radius 2 is 2.06 bits per heavy atom. The largest absolute Gasteiger partial charge is 0.383 e. The Balaban J connectivity index is 1.96. The molecule has 0 unspecified atom stereocenters. The number of hydrogen-bond acceptors (Lipinski definition) is 5. The minimum absolute atomic E-state index is 0.684. The van der Waals surface area contributed by atoms with E-state index in [1.165, 1.54) is 25.7 Å². The maximum Gasteiger partial charge on any atom is 0.227 e. The van der Waals surface area contributed by atoms with Crippen molar-refractivity contribution in [2.45, 2.75) is 25.7 Å². The molecule has 1 N–H and O–H groups in total. The molecular formula is C13H22N4O. The predicted molar refractivity (Wildman–Crippen MR) is 73.1 cm³/mol. The van der Waals surface area contributed by atoms with E-state index in [1.807, 2.05) is 12.3 Å². The highest BCUT2D eigenvalue weighted by Crippen LogP contribution is 2.16. The summed E-state index contributed by atoms with van der Waals surface area (Å²) < 4.78 is 5.01. The van der Waals surface area contributed by atoms with Crippen molar-refractivity contribution in [1.82, 2.24) is 9.97 Å². The molecule has 0 aliphatic carbocycles. The molecule has 1 saturated heterocycles. The fourth-order valence-electron chi connectivity index (χ4n) is 2.15. The number of ether oxygens (including phenoxy) is 1. The third kappa shape index (κ3) is 3.84. The molecular weight excluding hydrogens is 228 g/mol. The zero-order chi connectivity index (χ0) is 12.6. The van der Waals surface area contributed by atoms with Gasteiger partial charge in [0.15, 0.2) is 0 Å². The van der Waals surface area contributed by atoms with Crippen molar-refractivity contribution in [3.63, 3.8) is 0 Å². The minimum atomic E-state index is 0.684. The summed E-state index contributed by atoms with van der Waals surface area (Å²) in [5.41, 5.74) is 0. The number of nitrogens with zero attached hydrogens (tertiary/aromatic N) is 3. The van der Waals surface area contributed by atoms with Crippen molar-refractivity contribution in [3.05, 3.63) is 12.3 Å². The molecule has 0 atom stereocenters. The zero-order valence-corrected chi connectivity index (χ0v) is 11.1. The average molecular weight is 250 g/mol. The highest BCUT2D eigenvalue weighted by molar-refractivity contribution is 5.41. The normalized spacial score (nSPS) is 16.4. The molecule has 2 rings (SSSR count). The summed E-state index contributed by atoms with van der Waals surface area (Å²) >= 11 is 0. The third-order valence-electron chi connectivity index (χ3n) is 3.14. The second-order valence-electron chi connectivity index (χ2n) is 4.56. The summed E-state index contributed by atoms with van der Waals surface area (Å²) in [6.07, 6.45) is 6.95. The van der Waals surface area contributed by atoms with Crippen molar-refractivity contribution >= 4 is 11.8 Å². The number of anilines is 2. The molecule has 5 heteroatoms.